The van der Waals surface area contributed by atoms with Gasteiger partial charge in [-0.25, -0.2) is 9.97 Å². The number of aromatic nitrogens is 2. The highest BCUT2D eigenvalue weighted by atomic mass is 16.5. The van der Waals surface area contributed by atoms with Crippen molar-refractivity contribution in [3.05, 3.63) is 23.8 Å². The van der Waals surface area contributed by atoms with E-state index < -0.39 is 29.4 Å². The predicted octanol–water partition coefficient (Wildman–Crippen LogP) is 1.04. The molecule has 27 heavy (non-hydrogen) atoms. The lowest BCUT2D eigenvalue weighted by molar-refractivity contribution is -0.156. The first kappa shape index (κ1) is 19.4. The molecule has 4 atom stereocenters. The van der Waals surface area contributed by atoms with Crippen LogP contribution in [0, 0.1) is 17.8 Å². The van der Waals surface area contributed by atoms with E-state index in [0.717, 1.165) is 4.90 Å². The highest BCUT2D eigenvalue weighted by Gasteiger charge is 2.69. The topological polar surface area (TPSA) is 101 Å². The van der Waals surface area contributed by atoms with Gasteiger partial charge in [0, 0.05) is 19.2 Å². The number of nitrogens with zero attached hydrogens (tertiary/aromatic N) is 3. The van der Waals surface area contributed by atoms with E-state index in [0.29, 0.717) is 11.5 Å². The molecule has 0 unspecified atom stereocenters. The fraction of sp³-hybridized carbons (Fsp3) is 0.632. The normalized spacial score (nSPS) is 30.4. The molecule has 2 aliphatic heterocycles. The van der Waals surface area contributed by atoms with Gasteiger partial charge in [0.05, 0.1) is 30.7 Å². The van der Waals surface area contributed by atoms with E-state index in [1.54, 1.807) is 12.3 Å². The maximum atomic E-state index is 12.9. The van der Waals surface area contributed by atoms with Crippen LogP contribution in [0.5, 0.6) is 0 Å². The Morgan fingerprint density at radius 2 is 1.93 bits per heavy atom. The number of rotatable bonds is 4. The largest absolute Gasteiger partial charge is 0.468 e. The van der Waals surface area contributed by atoms with Crippen molar-refractivity contribution in [1.82, 2.24) is 20.2 Å². The van der Waals surface area contributed by atoms with Crippen molar-refractivity contribution in [2.24, 2.45) is 17.8 Å². The summed E-state index contributed by atoms with van der Waals surface area (Å²) in [7, 11) is 2.75. The Hall–Kier alpha value is -2.35. The molecule has 8 heteroatoms. The second-order valence-corrected chi connectivity index (χ2v) is 7.87. The molecule has 0 aromatic carbocycles. The van der Waals surface area contributed by atoms with Crippen LogP contribution in [0.15, 0.2) is 12.3 Å². The van der Waals surface area contributed by atoms with Gasteiger partial charge in [0.15, 0.2) is 0 Å². The molecule has 1 aromatic heterocycles. The average molecular weight is 374 g/mol. The standard InChI is InChI=1S/C19H26N4O4/c1-9(2)15-20-8-7-11(21-15)14-12-13(17(25)23(5)16(12)24)19(22-14,10(3)4)18(26)27-6/h7-10,12-14,22H,1-6H3/t12-,13-,14-,19-/m1/s1. The predicted molar refractivity (Wildman–Crippen MR) is 96.3 cm³/mol. The van der Waals surface area contributed by atoms with Gasteiger partial charge in [0.1, 0.15) is 11.4 Å². The molecule has 2 amide bonds. The Morgan fingerprint density at radius 3 is 2.48 bits per heavy atom. The highest BCUT2D eigenvalue weighted by Crippen LogP contribution is 2.51. The molecule has 146 valence electrons. The number of hydrogen-bond donors (Lipinski definition) is 1. The Balaban J connectivity index is 2.17. The number of esters is 1. The van der Waals surface area contributed by atoms with Crippen molar-refractivity contribution in [2.75, 3.05) is 14.2 Å². The van der Waals surface area contributed by atoms with Gasteiger partial charge >= 0.3 is 5.97 Å². The third-order valence-electron chi connectivity index (χ3n) is 5.78. The number of carbonyl (C=O) groups excluding carboxylic acids is 3. The summed E-state index contributed by atoms with van der Waals surface area (Å²) < 4.78 is 5.06. The molecular formula is C19H26N4O4. The maximum absolute atomic E-state index is 12.9. The summed E-state index contributed by atoms with van der Waals surface area (Å²) in [5.41, 5.74) is -0.684. The first-order valence-electron chi connectivity index (χ1n) is 9.17. The molecule has 0 spiro atoms. The van der Waals surface area contributed by atoms with Crippen LogP contribution >= 0.6 is 0 Å². The van der Waals surface area contributed by atoms with Crippen molar-refractivity contribution in [3.63, 3.8) is 0 Å². The quantitative estimate of drug-likeness (QED) is 0.621. The molecule has 0 bridgehead atoms. The highest BCUT2D eigenvalue weighted by molar-refractivity contribution is 6.09. The number of imide groups is 1. The molecule has 2 saturated heterocycles. The van der Waals surface area contributed by atoms with E-state index >= 15 is 0 Å². The van der Waals surface area contributed by atoms with Gasteiger partial charge in [0.25, 0.3) is 0 Å². The van der Waals surface area contributed by atoms with Gasteiger partial charge in [0.2, 0.25) is 11.8 Å². The summed E-state index contributed by atoms with van der Waals surface area (Å²) in [6.07, 6.45) is 1.65. The lowest BCUT2D eigenvalue weighted by Crippen LogP contribution is -2.59. The van der Waals surface area contributed by atoms with E-state index in [1.807, 2.05) is 27.7 Å². The maximum Gasteiger partial charge on any atom is 0.327 e. The van der Waals surface area contributed by atoms with Crippen LogP contribution in [0.3, 0.4) is 0 Å². The number of carbonyl (C=O) groups is 3. The van der Waals surface area contributed by atoms with Crippen molar-refractivity contribution in [1.29, 1.82) is 0 Å². The zero-order valence-corrected chi connectivity index (χ0v) is 16.5. The minimum Gasteiger partial charge on any atom is -0.468 e. The molecule has 0 radical (unpaired) electrons. The van der Waals surface area contributed by atoms with Gasteiger partial charge in [-0.2, -0.15) is 0 Å². The van der Waals surface area contributed by atoms with Crippen molar-refractivity contribution in [2.45, 2.75) is 45.2 Å². The monoisotopic (exact) mass is 374 g/mol. The number of hydrogen-bond acceptors (Lipinski definition) is 7. The van der Waals surface area contributed by atoms with E-state index in [4.69, 9.17) is 4.74 Å². The van der Waals surface area contributed by atoms with Gasteiger partial charge < -0.3 is 4.74 Å². The lowest BCUT2D eigenvalue weighted by Gasteiger charge is -2.35. The number of likely N-dealkylation sites (tertiary alicyclic amines) is 1. The van der Waals surface area contributed by atoms with Crippen LogP contribution in [0.2, 0.25) is 0 Å². The SMILES string of the molecule is COC(=O)[C@]1(C(C)C)N[C@H](c2ccnc(C(C)C)n2)[C@@H]2C(=O)N(C)C(=O)[C@@H]21. The zero-order chi connectivity index (χ0) is 20.1. The van der Waals surface area contributed by atoms with Gasteiger partial charge in [-0.15, -0.1) is 0 Å². The number of nitrogens with one attached hydrogen (secondary N) is 1. The summed E-state index contributed by atoms with van der Waals surface area (Å²) in [5.74, 6) is -2.25. The second kappa shape index (κ2) is 6.67. The molecule has 0 saturated carbocycles. The molecule has 3 heterocycles. The van der Waals surface area contributed by atoms with Crippen LogP contribution in [-0.2, 0) is 19.1 Å². The Bertz CT molecular complexity index is 794. The number of ether oxygens (including phenoxy) is 1. The van der Waals surface area contributed by atoms with Crippen LogP contribution < -0.4 is 5.32 Å². The lowest BCUT2D eigenvalue weighted by atomic mass is 9.73. The first-order valence-corrected chi connectivity index (χ1v) is 9.17. The second-order valence-electron chi connectivity index (χ2n) is 7.87. The summed E-state index contributed by atoms with van der Waals surface area (Å²) in [6.45, 7) is 7.65. The number of methoxy groups -OCH3 is 1. The molecule has 3 rings (SSSR count). The van der Waals surface area contributed by atoms with Crippen LogP contribution in [0.1, 0.15) is 51.2 Å². The fourth-order valence-electron chi connectivity index (χ4n) is 4.30. The van der Waals surface area contributed by atoms with Crippen LogP contribution in [0.4, 0.5) is 0 Å². The summed E-state index contributed by atoms with van der Waals surface area (Å²) >= 11 is 0. The molecule has 0 aliphatic carbocycles. The van der Waals surface area contributed by atoms with E-state index in [1.165, 1.54) is 14.2 Å². The van der Waals surface area contributed by atoms with E-state index in [2.05, 4.69) is 15.3 Å². The van der Waals surface area contributed by atoms with E-state index in [9.17, 15) is 14.4 Å². The third kappa shape index (κ3) is 2.65. The first-order chi connectivity index (χ1) is 12.7. The third-order valence-corrected chi connectivity index (χ3v) is 5.78. The Labute approximate surface area is 158 Å². The van der Waals surface area contributed by atoms with Crippen molar-refractivity contribution in [3.8, 4) is 0 Å². The molecule has 2 aliphatic rings. The van der Waals surface area contributed by atoms with Crippen LogP contribution in [0.25, 0.3) is 0 Å². The molecule has 2 fully saturated rings. The van der Waals surface area contributed by atoms with E-state index in [-0.39, 0.29) is 23.7 Å². The van der Waals surface area contributed by atoms with Crippen molar-refractivity contribution >= 4 is 17.8 Å². The van der Waals surface area contributed by atoms with Crippen LogP contribution in [-0.4, -0.2) is 52.3 Å². The van der Waals surface area contributed by atoms with Gasteiger partial charge in [-0.3, -0.25) is 24.6 Å². The molecule has 1 aromatic rings. The molecule has 1 N–H and O–H groups in total. The molecular weight excluding hydrogens is 348 g/mol. The number of amides is 2. The van der Waals surface area contributed by atoms with Crippen molar-refractivity contribution < 1.29 is 19.1 Å². The minimum atomic E-state index is -1.29. The molecule has 8 nitrogen and oxygen atoms in total. The fourth-order valence-corrected chi connectivity index (χ4v) is 4.30. The Kier molecular flexibility index (Phi) is 4.80. The average Bonchev–Trinajstić information content (AvgIpc) is 3.12. The van der Waals surface area contributed by atoms with Gasteiger partial charge in [-0.05, 0) is 12.0 Å². The smallest absolute Gasteiger partial charge is 0.327 e. The summed E-state index contributed by atoms with van der Waals surface area (Å²) in [4.78, 5) is 48.6. The summed E-state index contributed by atoms with van der Waals surface area (Å²) in [6, 6.07) is 1.16. The summed E-state index contributed by atoms with van der Waals surface area (Å²) in [5, 5.41) is 3.29. The number of fused-ring (bicyclic) bond motifs is 1. The zero-order valence-electron chi connectivity index (χ0n) is 16.5. The Morgan fingerprint density at radius 1 is 1.26 bits per heavy atom. The van der Waals surface area contributed by atoms with Gasteiger partial charge in [-0.1, -0.05) is 27.7 Å². The minimum absolute atomic E-state index is 0.112.